The number of aromatic nitrogens is 4. The first kappa shape index (κ1) is 13.0. The maximum absolute atomic E-state index is 5.14. The molecule has 1 N–H and O–H groups in total. The fraction of sp³-hybridized carbons (Fsp3) is 0.643. The third-order valence-corrected chi connectivity index (χ3v) is 4.61. The molecule has 2 unspecified atom stereocenters. The van der Waals surface area contributed by atoms with Gasteiger partial charge < -0.3 is 19.5 Å². The Morgan fingerprint density at radius 3 is 2.81 bits per heavy atom. The Kier molecular flexibility index (Phi) is 3.23. The molecule has 4 heterocycles. The zero-order valence-corrected chi connectivity index (χ0v) is 12.2. The highest BCUT2D eigenvalue weighted by molar-refractivity contribution is 5.83. The topological polar surface area (TPSA) is 68.1 Å². The van der Waals surface area contributed by atoms with Crippen LogP contribution in [-0.4, -0.2) is 59.4 Å². The van der Waals surface area contributed by atoms with Crippen molar-refractivity contribution in [1.29, 1.82) is 0 Å². The average Bonchev–Trinajstić information content (AvgIpc) is 3.18. The van der Waals surface area contributed by atoms with Crippen LogP contribution in [0.3, 0.4) is 0 Å². The first-order valence-corrected chi connectivity index (χ1v) is 7.47. The van der Waals surface area contributed by atoms with E-state index in [0.717, 1.165) is 61.5 Å². The van der Waals surface area contributed by atoms with Gasteiger partial charge >= 0.3 is 0 Å². The Hall–Kier alpha value is -1.73. The van der Waals surface area contributed by atoms with E-state index in [9.17, 15) is 0 Å². The van der Waals surface area contributed by atoms with Crippen LogP contribution < -0.4 is 10.2 Å². The van der Waals surface area contributed by atoms with Gasteiger partial charge in [0.05, 0.1) is 12.9 Å². The number of ether oxygens (including phenoxy) is 1. The normalized spacial score (nSPS) is 24.9. The molecule has 112 valence electrons. The molecule has 2 aliphatic rings. The highest BCUT2D eigenvalue weighted by Gasteiger charge is 2.37. The minimum atomic E-state index is 0.657. The minimum absolute atomic E-state index is 0.657. The number of nitrogens with zero attached hydrogens (tertiary/aromatic N) is 5. The Labute approximate surface area is 123 Å². The van der Waals surface area contributed by atoms with Crippen molar-refractivity contribution in [2.45, 2.75) is 6.54 Å². The molecule has 2 saturated heterocycles. The van der Waals surface area contributed by atoms with Gasteiger partial charge in [0.2, 0.25) is 0 Å². The van der Waals surface area contributed by atoms with E-state index in [2.05, 4.69) is 25.2 Å². The zero-order chi connectivity index (χ0) is 14.2. The molecule has 0 aromatic carbocycles. The van der Waals surface area contributed by atoms with Crippen molar-refractivity contribution in [3.63, 3.8) is 0 Å². The summed E-state index contributed by atoms with van der Waals surface area (Å²) < 4.78 is 7.17. The lowest BCUT2D eigenvalue weighted by Crippen LogP contribution is -2.26. The number of fused-ring (bicyclic) bond motifs is 2. The number of anilines is 1. The van der Waals surface area contributed by atoms with Crippen LogP contribution in [0, 0.1) is 11.8 Å². The molecule has 2 aromatic heterocycles. The lowest BCUT2D eigenvalue weighted by molar-refractivity contribution is 0.188. The molecular formula is C14H20N6O. The van der Waals surface area contributed by atoms with Gasteiger partial charge in [-0.25, -0.2) is 15.0 Å². The van der Waals surface area contributed by atoms with Crippen LogP contribution in [0.1, 0.15) is 0 Å². The van der Waals surface area contributed by atoms with Gasteiger partial charge in [-0.15, -0.1) is 0 Å². The summed E-state index contributed by atoms with van der Waals surface area (Å²) in [6.07, 6.45) is 3.48. The number of imidazole rings is 1. The van der Waals surface area contributed by atoms with Gasteiger partial charge in [0.25, 0.3) is 0 Å². The van der Waals surface area contributed by atoms with E-state index in [1.54, 1.807) is 13.4 Å². The molecule has 0 aliphatic carbocycles. The van der Waals surface area contributed by atoms with Crippen LogP contribution in [0.15, 0.2) is 12.7 Å². The molecule has 0 bridgehead atoms. The Morgan fingerprint density at radius 2 is 2.05 bits per heavy atom. The van der Waals surface area contributed by atoms with Crippen LogP contribution in [-0.2, 0) is 11.3 Å². The Morgan fingerprint density at radius 1 is 1.24 bits per heavy atom. The van der Waals surface area contributed by atoms with Crippen LogP contribution in [0.2, 0.25) is 0 Å². The van der Waals surface area contributed by atoms with Crippen molar-refractivity contribution in [2.75, 3.05) is 44.8 Å². The van der Waals surface area contributed by atoms with E-state index in [-0.39, 0.29) is 0 Å². The summed E-state index contributed by atoms with van der Waals surface area (Å²) in [5, 5.41) is 3.47. The van der Waals surface area contributed by atoms with E-state index in [1.165, 1.54) is 0 Å². The second-order valence-corrected chi connectivity index (χ2v) is 5.88. The van der Waals surface area contributed by atoms with Gasteiger partial charge in [-0.3, -0.25) is 0 Å². The summed E-state index contributed by atoms with van der Waals surface area (Å²) in [6, 6.07) is 0. The number of rotatable bonds is 4. The van der Waals surface area contributed by atoms with Crippen LogP contribution in [0.25, 0.3) is 11.2 Å². The average molecular weight is 288 g/mol. The second-order valence-electron chi connectivity index (χ2n) is 5.88. The SMILES string of the molecule is COCCn1cnc2c(N3CC4CNCC4C3)ncnc21. The lowest BCUT2D eigenvalue weighted by Gasteiger charge is -2.18. The van der Waals surface area contributed by atoms with Gasteiger partial charge in [0.1, 0.15) is 6.33 Å². The molecule has 21 heavy (non-hydrogen) atoms. The standard InChI is InChI=1S/C14H20N6O/c1-21-3-2-19-9-18-12-13(19)16-8-17-14(12)20-6-10-4-15-5-11(10)7-20/h8-11,15H,2-7H2,1H3. The number of hydrogen-bond donors (Lipinski definition) is 1. The first-order chi connectivity index (χ1) is 10.4. The summed E-state index contributed by atoms with van der Waals surface area (Å²) in [5.41, 5.74) is 1.80. The summed E-state index contributed by atoms with van der Waals surface area (Å²) in [5.74, 6) is 2.46. The van der Waals surface area contributed by atoms with E-state index in [0.29, 0.717) is 6.61 Å². The molecule has 0 spiro atoms. The van der Waals surface area contributed by atoms with E-state index >= 15 is 0 Å². The number of methoxy groups -OCH3 is 1. The third-order valence-electron chi connectivity index (χ3n) is 4.61. The Balaban J connectivity index is 1.65. The molecule has 0 radical (unpaired) electrons. The molecule has 2 aromatic rings. The maximum atomic E-state index is 5.14. The number of nitrogens with one attached hydrogen (secondary N) is 1. The predicted octanol–water partition coefficient (Wildman–Crippen LogP) is 0.128. The van der Waals surface area contributed by atoms with Crippen molar-refractivity contribution in [3.8, 4) is 0 Å². The van der Waals surface area contributed by atoms with E-state index in [1.807, 2.05) is 10.9 Å². The molecular weight excluding hydrogens is 268 g/mol. The summed E-state index contributed by atoms with van der Waals surface area (Å²) in [4.78, 5) is 15.8. The molecule has 2 atom stereocenters. The van der Waals surface area contributed by atoms with Gasteiger partial charge in [-0.2, -0.15) is 0 Å². The first-order valence-electron chi connectivity index (χ1n) is 7.47. The highest BCUT2D eigenvalue weighted by Crippen LogP contribution is 2.31. The largest absolute Gasteiger partial charge is 0.383 e. The fourth-order valence-corrected chi connectivity index (χ4v) is 3.48. The molecule has 0 amide bonds. The van der Waals surface area contributed by atoms with Crippen molar-refractivity contribution in [2.24, 2.45) is 11.8 Å². The maximum Gasteiger partial charge on any atom is 0.165 e. The van der Waals surface area contributed by atoms with Crippen molar-refractivity contribution in [1.82, 2.24) is 24.8 Å². The molecule has 0 saturated carbocycles. The van der Waals surface area contributed by atoms with Gasteiger partial charge in [0, 0.05) is 39.8 Å². The molecule has 7 nitrogen and oxygen atoms in total. The quantitative estimate of drug-likeness (QED) is 0.862. The van der Waals surface area contributed by atoms with Crippen LogP contribution in [0.4, 0.5) is 5.82 Å². The molecule has 4 rings (SSSR count). The zero-order valence-electron chi connectivity index (χ0n) is 12.2. The van der Waals surface area contributed by atoms with E-state index in [4.69, 9.17) is 4.74 Å². The molecule has 7 heteroatoms. The summed E-state index contributed by atoms with van der Waals surface area (Å²) in [6.45, 7) is 5.79. The molecule has 2 fully saturated rings. The summed E-state index contributed by atoms with van der Waals surface area (Å²) >= 11 is 0. The lowest BCUT2D eigenvalue weighted by atomic mass is 10.0. The van der Waals surface area contributed by atoms with Gasteiger partial charge in [-0.05, 0) is 11.8 Å². The highest BCUT2D eigenvalue weighted by atomic mass is 16.5. The fourth-order valence-electron chi connectivity index (χ4n) is 3.48. The summed E-state index contributed by atoms with van der Waals surface area (Å²) in [7, 11) is 1.70. The minimum Gasteiger partial charge on any atom is -0.383 e. The predicted molar refractivity (Wildman–Crippen MR) is 79.3 cm³/mol. The second kappa shape index (κ2) is 5.23. The molecule has 2 aliphatic heterocycles. The third kappa shape index (κ3) is 2.16. The van der Waals surface area contributed by atoms with Gasteiger partial charge in [-0.1, -0.05) is 0 Å². The van der Waals surface area contributed by atoms with Crippen molar-refractivity contribution in [3.05, 3.63) is 12.7 Å². The smallest absolute Gasteiger partial charge is 0.165 e. The van der Waals surface area contributed by atoms with E-state index < -0.39 is 0 Å². The number of hydrogen-bond acceptors (Lipinski definition) is 6. The van der Waals surface area contributed by atoms with Crippen LogP contribution in [0.5, 0.6) is 0 Å². The van der Waals surface area contributed by atoms with Crippen LogP contribution >= 0.6 is 0 Å². The van der Waals surface area contributed by atoms with Crippen molar-refractivity contribution >= 4 is 17.0 Å². The monoisotopic (exact) mass is 288 g/mol. The Bertz CT molecular complexity index is 629. The van der Waals surface area contributed by atoms with Gasteiger partial charge in [0.15, 0.2) is 17.0 Å². The van der Waals surface area contributed by atoms with Crippen molar-refractivity contribution < 1.29 is 4.74 Å².